The van der Waals surface area contributed by atoms with Crippen LogP contribution >= 0.6 is 0 Å². The number of hydrogen-bond donors (Lipinski definition) is 2. The molecule has 0 radical (unpaired) electrons. The molecule has 1 amide bonds. The highest BCUT2D eigenvalue weighted by Gasteiger charge is 2.29. The van der Waals surface area contributed by atoms with Gasteiger partial charge in [-0.05, 0) is 17.5 Å². The number of alkyl carbamates (subject to hydrolysis) is 1. The maximum atomic E-state index is 12.0. The van der Waals surface area contributed by atoms with Crippen LogP contribution in [-0.2, 0) is 27.3 Å². The van der Waals surface area contributed by atoms with E-state index in [1.54, 1.807) is 0 Å². The fourth-order valence-corrected chi connectivity index (χ4v) is 2.31. The summed E-state index contributed by atoms with van der Waals surface area (Å²) >= 11 is 0. The lowest BCUT2D eigenvalue weighted by Crippen LogP contribution is -2.48. The Kier molecular flexibility index (Phi) is 6.98. The van der Waals surface area contributed by atoms with E-state index in [0.717, 1.165) is 11.1 Å². The number of benzene rings is 2. The van der Waals surface area contributed by atoms with E-state index in [1.807, 2.05) is 60.7 Å². The standard InChI is InChI=1S/C19H21NO5/c1-24-18(22)17(21)16(12-14-8-4-2-5-9-14)20-19(23)25-13-15-10-6-3-7-11-15/h2-11,16-17,21H,12-13H2,1H3,(H,20,23)/t16-,17+/m1/s1. The van der Waals surface area contributed by atoms with Crippen molar-refractivity contribution in [1.29, 1.82) is 0 Å². The van der Waals surface area contributed by atoms with Gasteiger partial charge < -0.3 is 19.9 Å². The van der Waals surface area contributed by atoms with Crippen molar-refractivity contribution in [2.24, 2.45) is 0 Å². The lowest BCUT2D eigenvalue weighted by molar-refractivity contribution is -0.151. The van der Waals surface area contributed by atoms with Crippen LogP contribution in [0.15, 0.2) is 60.7 Å². The summed E-state index contributed by atoms with van der Waals surface area (Å²) < 4.78 is 9.71. The van der Waals surface area contributed by atoms with Gasteiger partial charge >= 0.3 is 12.1 Å². The number of methoxy groups -OCH3 is 1. The summed E-state index contributed by atoms with van der Waals surface area (Å²) in [4.78, 5) is 23.7. The maximum Gasteiger partial charge on any atom is 0.407 e. The molecular weight excluding hydrogens is 322 g/mol. The zero-order valence-corrected chi connectivity index (χ0v) is 13.9. The Balaban J connectivity index is 1.99. The van der Waals surface area contributed by atoms with Gasteiger partial charge in [0, 0.05) is 0 Å². The monoisotopic (exact) mass is 343 g/mol. The third-order valence-corrected chi connectivity index (χ3v) is 3.64. The Morgan fingerprint density at radius 3 is 2.12 bits per heavy atom. The second kappa shape index (κ2) is 9.44. The summed E-state index contributed by atoms with van der Waals surface area (Å²) in [5.41, 5.74) is 1.70. The van der Waals surface area contributed by atoms with Crippen LogP contribution < -0.4 is 5.32 Å². The van der Waals surface area contributed by atoms with Gasteiger partial charge in [0.1, 0.15) is 6.61 Å². The van der Waals surface area contributed by atoms with E-state index >= 15 is 0 Å². The van der Waals surface area contributed by atoms with Gasteiger partial charge in [0.2, 0.25) is 0 Å². The van der Waals surface area contributed by atoms with Crippen molar-refractivity contribution in [2.45, 2.75) is 25.2 Å². The molecule has 2 atom stereocenters. The number of carbonyl (C=O) groups excluding carboxylic acids is 2. The number of aliphatic hydroxyl groups excluding tert-OH is 1. The molecule has 2 N–H and O–H groups in total. The summed E-state index contributed by atoms with van der Waals surface area (Å²) in [6.07, 6.45) is -1.94. The number of rotatable bonds is 7. The number of aliphatic hydroxyl groups is 1. The third kappa shape index (κ3) is 5.93. The molecule has 2 rings (SSSR count). The van der Waals surface area contributed by atoms with E-state index in [4.69, 9.17) is 4.74 Å². The molecule has 2 aromatic carbocycles. The molecule has 0 bridgehead atoms. The van der Waals surface area contributed by atoms with Crippen molar-refractivity contribution in [2.75, 3.05) is 7.11 Å². The molecule has 6 heteroatoms. The highest BCUT2D eigenvalue weighted by Crippen LogP contribution is 2.09. The topological polar surface area (TPSA) is 84.9 Å². The molecule has 0 aromatic heterocycles. The first kappa shape index (κ1) is 18.5. The molecule has 0 aliphatic heterocycles. The summed E-state index contributed by atoms with van der Waals surface area (Å²) in [5.74, 6) is -0.815. The van der Waals surface area contributed by atoms with Crippen LogP contribution in [0.1, 0.15) is 11.1 Å². The number of amides is 1. The molecule has 0 spiro atoms. The van der Waals surface area contributed by atoms with Crippen molar-refractivity contribution in [3.63, 3.8) is 0 Å². The highest BCUT2D eigenvalue weighted by molar-refractivity contribution is 5.77. The second-order valence-corrected chi connectivity index (χ2v) is 5.47. The normalized spacial score (nSPS) is 12.7. The molecule has 0 heterocycles. The molecule has 6 nitrogen and oxygen atoms in total. The van der Waals surface area contributed by atoms with E-state index in [1.165, 1.54) is 7.11 Å². The molecule has 0 saturated heterocycles. The van der Waals surface area contributed by atoms with Crippen LogP contribution in [0.4, 0.5) is 4.79 Å². The van der Waals surface area contributed by atoms with Gasteiger partial charge in [-0.3, -0.25) is 0 Å². The number of carbonyl (C=O) groups is 2. The fourth-order valence-electron chi connectivity index (χ4n) is 2.31. The van der Waals surface area contributed by atoms with E-state index in [0.29, 0.717) is 0 Å². The zero-order valence-electron chi connectivity index (χ0n) is 13.9. The number of esters is 1. The van der Waals surface area contributed by atoms with Crippen molar-refractivity contribution in [3.8, 4) is 0 Å². The number of ether oxygens (including phenoxy) is 2. The summed E-state index contributed by atoms with van der Waals surface area (Å²) in [6.45, 7) is 0.0963. The van der Waals surface area contributed by atoms with Gasteiger partial charge in [-0.15, -0.1) is 0 Å². The Hall–Kier alpha value is -2.86. The first-order chi connectivity index (χ1) is 12.1. The van der Waals surface area contributed by atoms with E-state index in [9.17, 15) is 14.7 Å². The Morgan fingerprint density at radius 2 is 1.56 bits per heavy atom. The Bertz CT molecular complexity index is 675. The minimum atomic E-state index is -1.49. The first-order valence-corrected chi connectivity index (χ1v) is 7.87. The Morgan fingerprint density at radius 1 is 1.00 bits per heavy atom. The number of hydrogen-bond acceptors (Lipinski definition) is 5. The lowest BCUT2D eigenvalue weighted by Gasteiger charge is -2.22. The highest BCUT2D eigenvalue weighted by atomic mass is 16.6. The van der Waals surface area contributed by atoms with Crippen LogP contribution in [0.2, 0.25) is 0 Å². The van der Waals surface area contributed by atoms with Gasteiger partial charge in [-0.2, -0.15) is 0 Å². The summed E-state index contributed by atoms with van der Waals surface area (Å²) in [6, 6.07) is 17.6. The van der Waals surface area contributed by atoms with Gasteiger partial charge in [0.05, 0.1) is 13.2 Å². The number of nitrogens with one attached hydrogen (secondary N) is 1. The second-order valence-electron chi connectivity index (χ2n) is 5.47. The minimum Gasteiger partial charge on any atom is -0.467 e. The lowest BCUT2D eigenvalue weighted by atomic mass is 10.0. The zero-order chi connectivity index (χ0) is 18.1. The van der Waals surface area contributed by atoms with Crippen LogP contribution in [0.5, 0.6) is 0 Å². The molecule has 2 aromatic rings. The molecule has 0 unspecified atom stereocenters. The van der Waals surface area contributed by atoms with E-state index in [2.05, 4.69) is 10.1 Å². The van der Waals surface area contributed by atoms with Gasteiger partial charge in [0.15, 0.2) is 6.10 Å². The van der Waals surface area contributed by atoms with Crippen LogP contribution in [0, 0.1) is 0 Å². The molecule has 0 aliphatic carbocycles. The van der Waals surface area contributed by atoms with Crippen molar-refractivity contribution >= 4 is 12.1 Å². The molecule has 0 fully saturated rings. The van der Waals surface area contributed by atoms with Crippen LogP contribution in [0.25, 0.3) is 0 Å². The maximum absolute atomic E-state index is 12.0. The predicted molar refractivity (Wildman–Crippen MR) is 91.7 cm³/mol. The minimum absolute atomic E-state index is 0.0963. The SMILES string of the molecule is COC(=O)[C@@H](O)[C@@H](Cc1ccccc1)NC(=O)OCc1ccccc1. The van der Waals surface area contributed by atoms with Crippen molar-refractivity contribution in [1.82, 2.24) is 5.32 Å². The van der Waals surface area contributed by atoms with Gasteiger partial charge in [-0.25, -0.2) is 9.59 Å². The summed E-state index contributed by atoms with van der Waals surface area (Å²) in [5, 5.41) is 12.7. The fraction of sp³-hybridized carbons (Fsp3) is 0.263. The van der Waals surface area contributed by atoms with Gasteiger partial charge in [0.25, 0.3) is 0 Å². The van der Waals surface area contributed by atoms with Gasteiger partial charge in [-0.1, -0.05) is 60.7 Å². The average molecular weight is 343 g/mol. The summed E-state index contributed by atoms with van der Waals surface area (Å²) in [7, 11) is 1.18. The average Bonchev–Trinajstić information content (AvgIpc) is 2.66. The molecule has 25 heavy (non-hydrogen) atoms. The van der Waals surface area contributed by atoms with E-state index in [-0.39, 0.29) is 13.0 Å². The van der Waals surface area contributed by atoms with Crippen LogP contribution in [-0.4, -0.2) is 36.4 Å². The molecule has 0 aliphatic rings. The molecular formula is C19H21NO5. The quantitative estimate of drug-likeness (QED) is 0.752. The smallest absolute Gasteiger partial charge is 0.407 e. The van der Waals surface area contributed by atoms with Crippen molar-refractivity contribution < 1.29 is 24.2 Å². The van der Waals surface area contributed by atoms with Crippen LogP contribution in [0.3, 0.4) is 0 Å². The molecule has 0 saturated carbocycles. The van der Waals surface area contributed by atoms with Crippen molar-refractivity contribution in [3.05, 3.63) is 71.8 Å². The largest absolute Gasteiger partial charge is 0.467 e. The predicted octanol–water partition coefficient (Wildman–Crippen LogP) is 2.06. The van der Waals surface area contributed by atoms with E-state index < -0.39 is 24.2 Å². The third-order valence-electron chi connectivity index (χ3n) is 3.64. The Labute approximate surface area is 146 Å². The first-order valence-electron chi connectivity index (χ1n) is 7.87. The molecule has 132 valence electrons.